The smallest absolute Gasteiger partial charge is 0.364 e. The molecule has 46 heteroatoms. The minimum Gasteiger partial charge on any atom is -0.477 e. The van der Waals surface area contributed by atoms with E-state index in [1.165, 1.54) is 6.92 Å². The molecule has 8 rings (SSSR count). The highest BCUT2D eigenvalue weighted by molar-refractivity contribution is 5.77. The van der Waals surface area contributed by atoms with Crippen LogP contribution < -0.4 is 16.0 Å². The first-order chi connectivity index (χ1) is 48.5. The molecule has 103 heavy (non-hydrogen) atoms. The first kappa shape index (κ1) is 85.0. The van der Waals surface area contributed by atoms with Gasteiger partial charge in [-0.2, -0.15) is 0 Å². The summed E-state index contributed by atoms with van der Waals surface area (Å²) in [5.74, 6) is -8.30. The van der Waals surface area contributed by atoms with Crippen molar-refractivity contribution in [3.63, 3.8) is 0 Å². The van der Waals surface area contributed by atoms with Crippen molar-refractivity contribution >= 4 is 23.7 Å². The SMILES string of the molecule is CC(=O)N[C@H]1[C@H](O[C@H]2[C@@H](O)[C@@H](CO)O[C@@H](O[C@H]3[C@H](O)[C@@H](O)[C@H](O)O[C@@H]3CO)[C@@H]2O)O[C@H](CO)[C@@H](O[C@@H]2O[C@H](CO)[C@H](O)[C@H](O[C@@H]3O[C@H](CO)[C@@H](O[C@@H]4O[C@H](CO)[C@H](O)[C@H](O[C@]5(C(=O)O)C[C@H](O)[C@@H](NC(C)=O)[C@H]([C@H](O)[C@H](O)CO)O5)[C@H]4O)[C@H](O[C@@H]4O[C@@H](C)[C@@H](O)[C@@H](O)[C@@H]4O)[C@H]3NC(C)=O)[C@H]2O)[C@@H]1O. The van der Waals surface area contributed by atoms with Gasteiger partial charge >= 0.3 is 5.97 Å². The van der Waals surface area contributed by atoms with Gasteiger partial charge in [-0.15, -0.1) is 0 Å². The quantitative estimate of drug-likeness (QED) is 0.0363. The monoisotopic (exact) mass is 1510 g/mol. The van der Waals surface area contributed by atoms with E-state index >= 15 is 0 Å². The van der Waals surface area contributed by atoms with Crippen LogP contribution in [0.4, 0.5) is 0 Å². The van der Waals surface area contributed by atoms with Crippen LogP contribution in [0.1, 0.15) is 34.1 Å². The third-order valence-electron chi connectivity index (χ3n) is 18.8. The minimum atomic E-state index is -3.31. The lowest BCUT2D eigenvalue weighted by molar-refractivity contribution is -0.400. The molecule has 0 aromatic carbocycles. The zero-order valence-corrected chi connectivity index (χ0v) is 55.2. The molecule has 0 radical (unpaired) electrons. The molecule has 8 heterocycles. The number of amides is 3. The number of hydrogen-bond donors (Lipinski definition) is 27. The van der Waals surface area contributed by atoms with Gasteiger partial charge in [-0.3, -0.25) is 14.4 Å². The first-order valence-electron chi connectivity index (χ1n) is 32.6. The molecule has 596 valence electrons. The van der Waals surface area contributed by atoms with Crippen molar-refractivity contribution in [2.75, 3.05) is 46.2 Å². The lowest BCUT2D eigenvalue weighted by Crippen LogP contribution is -2.72. The van der Waals surface area contributed by atoms with E-state index in [4.69, 9.17) is 71.1 Å². The molecule has 0 aromatic heterocycles. The average molecular weight is 1510 g/mol. The zero-order valence-electron chi connectivity index (χ0n) is 55.2. The van der Waals surface area contributed by atoms with Crippen LogP contribution in [-0.4, -0.2) is 444 Å². The molecule has 8 aliphatic rings. The number of hydrogen-bond acceptors (Lipinski definition) is 42. The molecule has 0 unspecified atom stereocenters. The van der Waals surface area contributed by atoms with Crippen LogP contribution in [0.2, 0.25) is 0 Å². The Hall–Kier alpha value is -3.64. The Labute approximate surface area is 582 Å². The Balaban J connectivity index is 1.09. The van der Waals surface area contributed by atoms with Gasteiger partial charge in [0.1, 0.15) is 183 Å². The number of carbonyl (C=O) groups is 4. The zero-order chi connectivity index (χ0) is 76.3. The van der Waals surface area contributed by atoms with Gasteiger partial charge in [0.15, 0.2) is 44.0 Å². The Bertz CT molecular complexity index is 2730. The van der Waals surface area contributed by atoms with E-state index in [9.17, 15) is 142 Å². The minimum absolute atomic E-state index is 0.873. The van der Waals surface area contributed by atoms with Crippen LogP contribution in [0, 0.1) is 0 Å². The van der Waals surface area contributed by atoms with Crippen molar-refractivity contribution in [1.82, 2.24) is 16.0 Å². The second-order valence-corrected chi connectivity index (χ2v) is 26.0. The van der Waals surface area contributed by atoms with Gasteiger partial charge in [0, 0.05) is 27.2 Å². The molecule has 3 amide bonds. The molecule has 41 atom stereocenters. The molecular formula is C57H95N3O43. The van der Waals surface area contributed by atoms with Gasteiger partial charge in [0.05, 0.1) is 64.5 Å². The van der Waals surface area contributed by atoms with Gasteiger partial charge in [0.2, 0.25) is 17.7 Å². The van der Waals surface area contributed by atoms with E-state index in [0.29, 0.717) is 0 Å². The molecule has 8 aliphatic heterocycles. The number of carboxylic acid groups (broad SMARTS) is 1. The summed E-state index contributed by atoms with van der Waals surface area (Å²) in [6, 6.07) is -5.73. The van der Waals surface area contributed by atoms with Crippen molar-refractivity contribution in [2.24, 2.45) is 0 Å². The van der Waals surface area contributed by atoms with E-state index in [2.05, 4.69) is 16.0 Å². The maximum Gasteiger partial charge on any atom is 0.364 e. The number of rotatable bonds is 27. The molecule has 0 aliphatic carbocycles. The molecule has 46 nitrogen and oxygen atoms in total. The molecule has 0 saturated carbocycles. The molecule has 8 fully saturated rings. The van der Waals surface area contributed by atoms with E-state index < -0.39 is 327 Å². The summed E-state index contributed by atoms with van der Waals surface area (Å²) in [6.45, 7) is -4.03. The number of aliphatic carboxylic acids is 1. The van der Waals surface area contributed by atoms with Gasteiger partial charge < -0.3 is 210 Å². The predicted molar refractivity (Wildman–Crippen MR) is 315 cm³/mol. The maximum absolute atomic E-state index is 13.4. The summed E-state index contributed by atoms with van der Waals surface area (Å²) < 4.78 is 87.8. The Kier molecular flexibility index (Phi) is 29.9. The number of aliphatic hydroxyl groups excluding tert-OH is 23. The summed E-state index contributed by atoms with van der Waals surface area (Å²) in [6.07, 6.45) is -78.9. The molecule has 0 bridgehead atoms. The summed E-state index contributed by atoms with van der Waals surface area (Å²) in [5.41, 5.74) is 0. The standard InChI is InChI=1S/C57H95N3O43/c1-13-28(73)34(79)37(82)52(89-13)99-45-27(60-16(4)70)51(95-24(12-67)43(45)98-55-40(85)48(32(77)21(9-64)93-55)103-57(56(87)88)5-17(71)25(58-14(2)68)44(102-57)29(74)18(72)6-61)101-47-31(76)20(8-63)91-53(39(47)84)96-41-23(11-66)94-50(26(33(41)78)59-15(3)69)100-46-30(75)19(7-62)92-54(38(46)83)97-42-22(10-65)90-49(86)36(81)35(42)80/h13,17-55,61-67,71-86H,5-12H2,1-4H3,(H,58,68)(H,59,69)(H,60,70)(H,87,88)/t13-,17-,18+,19+,20+,21+,22+,23+,24+,25+,26+,27+,28+,29+,30-,31-,32-,33+,34+,35+,36+,37-,38+,39+,40+,41+,42+,43+,44+,45+,46-,47-,48-,49+,50-,51-,52-,53-,54-,55-,57-/m0/s1. The van der Waals surface area contributed by atoms with Crippen LogP contribution in [0.15, 0.2) is 0 Å². The number of aliphatic hydroxyl groups is 23. The Morgan fingerprint density at radius 3 is 1.24 bits per heavy atom. The third-order valence-corrected chi connectivity index (χ3v) is 18.8. The normalized spacial score (nSPS) is 48.3. The fourth-order valence-electron chi connectivity index (χ4n) is 13.3. The lowest BCUT2D eigenvalue weighted by atomic mass is 9.88. The summed E-state index contributed by atoms with van der Waals surface area (Å²) in [7, 11) is 0. The van der Waals surface area contributed by atoms with Gasteiger partial charge in [0.25, 0.3) is 5.79 Å². The average Bonchev–Trinajstić information content (AvgIpc) is 0.758. The van der Waals surface area contributed by atoms with E-state index in [1.54, 1.807) is 0 Å². The highest BCUT2D eigenvalue weighted by Gasteiger charge is 2.63. The molecular weight excluding hydrogens is 1410 g/mol. The highest BCUT2D eigenvalue weighted by Crippen LogP contribution is 2.42. The fourth-order valence-corrected chi connectivity index (χ4v) is 13.3. The molecule has 0 aromatic rings. The van der Waals surface area contributed by atoms with E-state index in [1.807, 2.05) is 0 Å². The third kappa shape index (κ3) is 18.3. The molecule has 27 N–H and O–H groups in total. The summed E-state index contributed by atoms with van der Waals surface area (Å²) in [5, 5.41) is 271. The van der Waals surface area contributed by atoms with Gasteiger partial charge in [-0.25, -0.2) is 4.79 Å². The Morgan fingerprint density at radius 2 is 0.777 bits per heavy atom. The van der Waals surface area contributed by atoms with Crippen LogP contribution in [0.5, 0.6) is 0 Å². The van der Waals surface area contributed by atoms with Crippen LogP contribution in [0.25, 0.3) is 0 Å². The van der Waals surface area contributed by atoms with Crippen molar-refractivity contribution in [1.29, 1.82) is 0 Å². The fraction of sp³-hybridized carbons (Fsp3) is 0.930. The summed E-state index contributed by atoms with van der Waals surface area (Å²) >= 11 is 0. The van der Waals surface area contributed by atoms with Gasteiger partial charge in [-0.05, 0) is 6.92 Å². The number of nitrogens with one attached hydrogen (secondary N) is 3. The van der Waals surface area contributed by atoms with Crippen LogP contribution >= 0.6 is 0 Å². The Morgan fingerprint density at radius 1 is 0.398 bits per heavy atom. The topological polar surface area (TPSA) is 728 Å². The lowest BCUT2D eigenvalue weighted by Gasteiger charge is -2.52. The predicted octanol–water partition coefficient (Wildman–Crippen LogP) is -17.8. The molecule has 0 spiro atoms. The number of ether oxygens (including phenoxy) is 15. The summed E-state index contributed by atoms with van der Waals surface area (Å²) in [4.78, 5) is 51.8. The van der Waals surface area contributed by atoms with Crippen LogP contribution in [-0.2, 0) is 90.2 Å². The van der Waals surface area contributed by atoms with Crippen molar-refractivity contribution in [3.05, 3.63) is 0 Å². The van der Waals surface area contributed by atoms with Crippen molar-refractivity contribution < 1.29 is 213 Å². The van der Waals surface area contributed by atoms with Crippen molar-refractivity contribution in [2.45, 2.75) is 285 Å². The highest BCUT2D eigenvalue weighted by atomic mass is 16.8. The van der Waals surface area contributed by atoms with Crippen LogP contribution in [0.3, 0.4) is 0 Å². The first-order valence-corrected chi connectivity index (χ1v) is 32.6. The number of carbonyl (C=O) groups excluding carboxylic acids is 3. The van der Waals surface area contributed by atoms with E-state index in [-0.39, 0.29) is 0 Å². The van der Waals surface area contributed by atoms with E-state index in [0.717, 1.165) is 20.8 Å². The number of carboxylic acids is 1. The maximum atomic E-state index is 13.4. The second kappa shape index (κ2) is 36.3. The second-order valence-electron chi connectivity index (χ2n) is 26.0. The largest absolute Gasteiger partial charge is 0.477 e. The van der Waals surface area contributed by atoms with Gasteiger partial charge in [-0.1, -0.05) is 0 Å². The molecule has 8 saturated heterocycles. The van der Waals surface area contributed by atoms with Crippen molar-refractivity contribution in [3.8, 4) is 0 Å².